The predicted octanol–water partition coefficient (Wildman–Crippen LogP) is 5.13. The summed E-state index contributed by atoms with van der Waals surface area (Å²) < 4.78 is 0. The minimum Gasteiger partial charge on any atom is -0.361 e. The Morgan fingerprint density at radius 1 is 1.21 bits per heavy atom. The highest BCUT2D eigenvalue weighted by atomic mass is 32.1. The Labute approximate surface area is 177 Å². The molecule has 2 aromatic heterocycles. The summed E-state index contributed by atoms with van der Waals surface area (Å²) in [5.74, 6) is 0.433. The highest BCUT2D eigenvalue weighted by Crippen LogP contribution is 2.33. The van der Waals surface area contributed by atoms with Crippen molar-refractivity contribution in [2.45, 2.75) is 57.0 Å². The Bertz CT molecular complexity index is 927. The fourth-order valence-corrected chi connectivity index (χ4v) is 5.42. The molecule has 5 heteroatoms. The second kappa shape index (κ2) is 9.14. The van der Waals surface area contributed by atoms with Gasteiger partial charge in [-0.2, -0.15) is 0 Å². The van der Waals surface area contributed by atoms with E-state index >= 15 is 0 Å². The Morgan fingerprint density at radius 2 is 2.00 bits per heavy atom. The zero-order chi connectivity index (χ0) is 20.2. The number of benzene rings is 1. The summed E-state index contributed by atoms with van der Waals surface area (Å²) in [4.78, 5) is 19.7. The number of rotatable bonds is 7. The lowest BCUT2D eigenvalue weighted by molar-refractivity contribution is -0.134. The molecule has 1 aliphatic rings. The van der Waals surface area contributed by atoms with Crippen molar-refractivity contribution < 1.29 is 4.79 Å². The molecule has 1 aromatic carbocycles. The monoisotopic (exact) mass is 409 g/mol. The molecule has 1 aliphatic carbocycles. The Balaban J connectivity index is 1.48. The van der Waals surface area contributed by atoms with E-state index in [1.165, 1.54) is 35.1 Å². The lowest BCUT2D eigenvalue weighted by Gasteiger charge is -2.33. The average molecular weight is 410 g/mol. The van der Waals surface area contributed by atoms with E-state index in [-0.39, 0.29) is 17.9 Å². The van der Waals surface area contributed by atoms with Crippen molar-refractivity contribution in [1.82, 2.24) is 15.2 Å². The fraction of sp³-hybridized carbons (Fsp3) is 0.458. The van der Waals surface area contributed by atoms with E-state index in [0.29, 0.717) is 6.04 Å². The van der Waals surface area contributed by atoms with Crippen LogP contribution in [0, 0.1) is 0 Å². The van der Waals surface area contributed by atoms with E-state index in [9.17, 15) is 4.79 Å². The molecule has 0 spiro atoms. The van der Waals surface area contributed by atoms with Crippen LogP contribution in [0.5, 0.6) is 0 Å². The van der Waals surface area contributed by atoms with E-state index in [1.54, 1.807) is 11.3 Å². The van der Waals surface area contributed by atoms with Crippen LogP contribution in [0.25, 0.3) is 10.9 Å². The molecule has 0 bridgehead atoms. The minimum atomic E-state index is -0.186. The van der Waals surface area contributed by atoms with Crippen molar-refractivity contribution in [3.05, 3.63) is 58.4 Å². The molecule has 29 heavy (non-hydrogen) atoms. The van der Waals surface area contributed by atoms with Gasteiger partial charge in [0, 0.05) is 47.5 Å². The highest BCUT2D eigenvalue weighted by Gasteiger charge is 2.27. The van der Waals surface area contributed by atoms with Gasteiger partial charge in [0.2, 0.25) is 5.91 Å². The third-order valence-corrected chi connectivity index (χ3v) is 7.34. The van der Waals surface area contributed by atoms with Crippen molar-refractivity contribution in [1.29, 1.82) is 0 Å². The summed E-state index contributed by atoms with van der Waals surface area (Å²) in [5, 5.41) is 6.93. The van der Waals surface area contributed by atoms with Crippen LogP contribution < -0.4 is 5.32 Å². The van der Waals surface area contributed by atoms with Gasteiger partial charge in [-0.15, -0.1) is 11.3 Å². The first-order valence-corrected chi connectivity index (χ1v) is 11.6. The third kappa shape index (κ3) is 4.41. The summed E-state index contributed by atoms with van der Waals surface area (Å²) >= 11 is 1.78. The average Bonchev–Trinajstić information content (AvgIpc) is 3.44. The summed E-state index contributed by atoms with van der Waals surface area (Å²) in [5.41, 5.74) is 2.45. The van der Waals surface area contributed by atoms with Crippen molar-refractivity contribution in [3.8, 4) is 0 Å². The van der Waals surface area contributed by atoms with E-state index in [1.807, 2.05) is 18.9 Å². The van der Waals surface area contributed by atoms with Crippen LogP contribution >= 0.6 is 11.3 Å². The largest absolute Gasteiger partial charge is 0.361 e. The molecule has 0 saturated heterocycles. The number of likely N-dealkylation sites (N-methyl/N-ethyl adjacent to an activating group) is 1. The zero-order valence-electron chi connectivity index (χ0n) is 17.4. The van der Waals surface area contributed by atoms with Gasteiger partial charge in [-0.3, -0.25) is 4.79 Å². The standard InChI is InChI=1S/C24H31N3OS/c1-17(24(28)27(2)18-9-4-3-5-10-18)25-16-21(23-13-8-14-29-23)20-15-26-22-12-7-6-11-19(20)22/h6-8,11-15,17-18,21,25-26H,3-5,9-10,16H2,1-2H3/t17-,21-/m1/s1. The smallest absolute Gasteiger partial charge is 0.239 e. The Kier molecular flexibility index (Phi) is 6.36. The number of para-hydroxylation sites is 1. The number of hydrogen-bond acceptors (Lipinski definition) is 3. The van der Waals surface area contributed by atoms with E-state index < -0.39 is 0 Å². The summed E-state index contributed by atoms with van der Waals surface area (Å²) in [6.07, 6.45) is 8.19. The molecule has 2 heterocycles. The number of H-pyrrole nitrogens is 1. The van der Waals surface area contributed by atoms with Crippen LogP contribution in [0.2, 0.25) is 0 Å². The number of fused-ring (bicyclic) bond motifs is 1. The van der Waals surface area contributed by atoms with Gasteiger partial charge < -0.3 is 15.2 Å². The van der Waals surface area contributed by atoms with Crippen molar-refractivity contribution in [2.75, 3.05) is 13.6 Å². The molecule has 0 radical (unpaired) electrons. The molecule has 4 nitrogen and oxygen atoms in total. The number of nitrogens with zero attached hydrogens (tertiary/aromatic N) is 1. The van der Waals surface area contributed by atoms with E-state index in [2.05, 4.69) is 58.3 Å². The number of hydrogen-bond donors (Lipinski definition) is 2. The van der Waals surface area contributed by atoms with Crippen molar-refractivity contribution in [3.63, 3.8) is 0 Å². The fourth-order valence-electron chi connectivity index (χ4n) is 4.57. The quantitative estimate of drug-likeness (QED) is 0.568. The van der Waals surface area contributed by atoms with Crippen LogP contribution in [0.1, 0.15) is 55.4 Å². The van der Waals surface area contributed by atoms with Gasteiger partial charge in [0.05, 0.1) is 6.04 Å². The van der Waals surface area contributed by atoms with Crippen LogP contribution in [0.15, 0.2) is 48.0 Å². The number of nitrogens with one attached hydrogen (secondary N) is 2. The normalized spacial score (nSPS) is 17.3. The minimum absolute atomic E-state index is 0.186. The number of carbonyl (C=O) groups excluding carboxylic acids is 1. The van der Waals surface area contributed by atoms with E-state index in [4.69, 9.17) is 0 Å². The van der Waals surface area contributed by atoms with Gasteiger partial charge in [0.15, 0.2) is 0 Å². The molecule has 1 saturated carbocycles. The molecule has 3 aromatic rings. The van der Waals surface area contributed by atoms with Gasteiger partial charge >= 0.3 is 0 Å². The molecule has 1 fully saturated rings. The van der Waals surface area contributed by atoms with Crippen LogP contribution in [-0.4, -0.2) is 41.5 Å². The van der Waals surface area contributed by atoms with Gasteiger partial charge in [-0.05, 0) is 42.8 Å². The number of thiophene rings is 1. The number of carbonyl (C=O) groups is 1. The molecule has 1 amide bonds. The summed E-state index contributed by atoms with van der Waals surface area (Å²) in [6.45, 7) is 2.75. The maximum Gasteiger partial charge on any atom is 0.239 e. The molecular weight excluding hydrogens is 378 g/mol. The lowest BCUT2D eigenvalue weighted by Crippen LogP contribution is -2.48. The molecule has 0 aliphatic heterocycles. The number of aromatic amines is 1. The maximum absolute atomic E-state index is 13.0. The maximum atomic E-state index is 13.0. The van der Waals surface area contributed by atoms with Crippen LogP contribution in [-0.2, 0) is 4.79 Å². The van der Waals surface area contributed by atoms with E-state index in [0.717, 1.165) is 24.9 Å². The van der Waals surface area contributed by atoms with Crippen LogP contribution in [0.4, 0.5) is 0 Å². The van der Waals surface area contributed by atoms with Gasteiger partial charge in [0.1, 0.15) is 0 Å². The van der Waals surface area contributed by atoms with Crippen LogP contribution in [0.3, 0.4) is 0 Å². The zero-order valence-corrected chi connectivity index (χ0v) is 18.2. The first-order chi connectivity index (χ1) is 14.1. The second-order valence-electron chi connectivity index (χ2n) is 8.23. The first kappa shape index (κ1) is 20.2. The number of amides is 1. The Morgan fingerprint density at radius 3 is 2.76 bits per heavy atom. The van der Waals surface area contributed by atoms with Gasteiger partial charge in [0.25, 0.3) is 0 Å². The third-order valence-electron chi connectivity index (χ3n) is 6.35. The van der Waals surface area contributed by atoms with Crippen molar-refractivity contribution >= 4 is 28.1 Å². The first-order valence-electron chi connectivity index (χ1n) is 10.7. The Hall–Kier alpha value is -2.11. The number of aromatic nitrogens is 1. The highest BCUT2D eigenvalue weighted by molar-refractivity contribution is 7.10. The molecule has 2 N–H and O–H groups in total. The SMILES string of the molecule is C[C@@H](NC[C@@H](c1cccs1)c1c[nH]c2ccccc12)C(=O)N(C)C1CCCCC1. The molecule has 2 atom stereocenters. The predicted molar refractivity (Wildman–Crippen MR) is 122 cm³/mol. The van der Waals surface area contributed by atoms with Crippen molar-refractivity contribution in [2.24, 2.45) is 0 Å². The molecule has 154 valence electrons. The molecule has 0 unspecified atom stereocenters. The molecule has 4 rings (SSSR count). The summed E-state index contributed by atoms with van der Waals surface area (Å²) in [6, 6.07) is 13.0. The lowest BCUT2D eigenvalue weighted by atomic mass is 9.94. The van der Waals surface area contributed by atoms with Gasteiger partial charge in [-0.25, -0.2) is 0 Å². The second-order valence-corrected chi connectivity index (χ2v) is 9.21. The summed E-state index contributed by atoms with van der Waals surface area (Å²) in [7, 11) is 1.98. The molecular formula is C24H31N3OS. The topological polar surface area (TPSA) is 48.1 Å². The van der Waals surface area contributed by atoms with Gasteiger partial charge in [-0.1, -0.05) is 43.5 Å².